The molecule has 1 N–H and O–H groups in total. The number of hydrogen-bond donors (Lipinski definition) is 1. The highest BCUT2D eigenvalue weighted by Gasteiger charge is 2.20. The highest BCUT2D eigenvalue weighted by molar-refractivity contribution is 6.00. The van der Waals surface area contributed by atoms with Gasteiger partial charge in [0, 0.05) is 5.71 Å². The van der Waals surface area contributed by atoms with Gasteiger partial charge in [-0.05, 0) is 31.3 Å². The molecule has 0 amide bonds. The number of allylic oxidation sites excluding steroid dienone is 4. The van der Waals surface area contributed by atoms with Gasteiger partial charge < -0.3 is 5.41 Å². The molecule has 0 radical (unpaired) electrons. The quantitative estimate of drug-likeness (QED) is 0.629. The topological polar surface area (TPSA) is 23.9 Å². The van der Waals surface area contributed by atoms with Gasteiger partial charge in [-0.25, -0.2) is 0 Å². The van der Waals surface area contributed by atoms with Crippen LogP contribution in [0.25, 0.3) is 0 Å². The standard InChI is InChI=1S/C10H15N.2C2H6/c1-3-4-5-9-8(2)6-7-10(9)11;2*1-2/h3-5,8,11H,6-7H2,1-2H3;2*1-2H3/b4-3-,9-5-,11-10?;;. The van der Waals surface area contributed by atoms with Crippen molar-refractivity contribution in [3.8, 4) is 0 Å². The van der Waals surface area contributed by atoms with E-state index < -0.39 is 0 Å². The summed E-state index contributed by atoms with van der Waals surface area (Å²) >= 11 is 0. The Morgan fingerprint density at radius 1 is 1.20 bits per heavy atom. The van der Waals surface area contributed by atoms with E-state index in [4.69, 9.17) is 5.41 Å². The molecule has 1 aliphatic rings. The predicted molar refractivity (Wildman–Crippen MR) is 71.7 cm³/mol. The fraction of sp³-hybridized carbons (Fsp3) is 0.643. The third kappa shape index (κ3) is 6.27. The summed E-state index contributed by atoms with van der Waals surface area (Å²) < 4.78 is 0. The molecule has 0 aliphatic heterocycles. The Labute approximate surface area is 95.8 Å². The molecule has 1 aliphatic carbocycles. The molecule has 1 heteroatoms. The average molecular weight is 209 g/mol. The molecule has 1 atom stereocenters. The van der Waals surface area contributed by atoms with Crippen LogP contribution in [0, 0.1) is 11.3 Å². The maximum atomic E-state index is 7.61. The summed E-state index contributed by atoms with van der Waals surface area (Å²) in [7, 11) is 0. The lowest BCUT2D eigenvalue weighted by Crippen LogP contribution is -1.95. The monoisotopic (exact) mass is 209 g/mol. The average Bonchev–Trinajstić information content (AvgIpc) is 2.62. The molecule has 1 saturated carbocycles. The Morgan fingerprint density at radius 3 is 2.07 bits per heavy atom. The van der Waals surface area contributed by atoms with Gasteiger partial charge in [-0.3, -0.25) is 0 Å². The Balaban J connectivity index is 0. The molecule has 0 heterocycles. The summed E-state index contributed by atoms with van der Waals surface area (Å²) in [6.07, 6.45) is 8.21. The van der Waals surface area contributed by atoms with E-state index in [9.17, 15) is 0 Å². The zero-order valence-electron chi connectivity index (χ0n) is 11.2. The first-order valence-corrected chi connectivity index (χ1v) is 6.16. The van der Waals surface area contributed by atoms with Crippen LogP contribution in [0.2, 0.25) is 0 Å². The van der Waals surface area contributed by atoms with E-state index in [2.05, 4.69) is 13.0 Å². The van der Waals surface area contributed by atoms with Crippen LogP contribution in [0.5, 0.6) is 0 Å². The molecule has 0 aromatic heterocycles. The van der Waals surface area contributed by atoms with Crippen LogP contribution >= 0.6 is 0 Å². The first-order chi connectivity index (χ1) is 7.25. The van der Waals surface area contributed by atoms with E-state index in [0.717, 1.165) is 18.6 Å². The minimum absolute atomic E-state index is 0.596. The smallest absolute Gasteiger partial charge is 0.0348 e. The van der Waals surface area contributed by atoms with Gasteiger partial charge in [0.05, 0.1) is 0 Å². The summed E-state index contributed by atoms with van der Waals surface area (Å²) in [6.45, 7) is 12.2. The van der Waals surface area contributed by atoms with Gasteiger partial charge in [-0.2, -0.15) is 0 Å². The maximum absolute atomic E-state index is 7.61. The Kier molecular flexibility index (Phi) is 12.4. The van der Waals surface area contributed by atoms with Gasteiger partial charge in [0.15, 0.2) is 0 Å². The van der Waals surface area contributed by atoms with Gasteiger partial charge in [-0.15, -0.1) is 0 Å². The molecule has 1 fully saturated rings. The third-order valence-corrected chi connectivity index (χ3v) is 2.17. The molecule has 1 rings (SSSR count). The van der Waals surface area contributed by atoms with Crippen LogP contribution in [0.3, 0.4) is 0 Å². The van der Waals surface area contributed by atoms with Crippen molar-refractivity contribution in [3.05, 3.63) is 23.8 Å². The molecular formula is C14H27N. The molecule has 88 valence electrons. The van der Waals surface area contributed by atoms with Crippen LogP contribution in [0.15, 0.2) is 23.8 Å². The van der Waals surface area contributed by atoms with Crippen molar-refractivity contribution in [3.63, 3.8) is 0 Å². The first kappa shape index (κ1) is 16.6. The van der Waals surface area contributed by atoms with Crippen molar-refractivity contribution >= 4 is 5.71 Å². The van der Waals surface area contributed by atoms with Crippen molar-refractivity contribution < 1.29 is 0 Å². The normalized spacial score (nSPS) is 22.1. The minimum Gasteiger partial charge on any atom is -0.305 e. The first-order valence-electron chi connectivity index (χ1n) is 6.16. The summed E-state index contributed by atoms with van der Waals surface area (Å²) in [5, 5.41) is 7.61. The minimum atomic E-state index is 0.596. The van der Waals surface area contributed by atoms with E-state index in [1.165, 1.54) is 5.57 Å². The van der Waals surface area contributed by atoms with Gasteiger partial charge in [-0.1, -0.05) is 52.8 Å². The van der Waals surface area contributed by atoms with Crippen LogP contribution in [0.4, 0.5) is 0 Å². The van der Waals surface area contributed by atoms with Crippen molar-refractivity contribution in [2.75, 3.05) is 0 Å². The summed E-state index contributed by atoms with van der Waals surface area (Å²) in [6, 6.07) is 0. The Bertz CT molecular complexity index is 211. The van der Waals surface area contributed by atoms with Crippen LogP contribution < -0.4 is 0 Å². The zero-order chi connectivity index (χ0) is 12.3. The largest absolute Gasteiger partial charge is 0.305 e. The van der Waals surface area contributed by atoms with Crippen molar-refractivity contribution in [2.24, 2.45) is 5.92 Å². The number of rotatable bonds is 1. The van der Waals surface area contributed by atoms with E-state index in [-0.39, 0.29) is 0 Å². The number of nitrogens with one attached hydrogen (secondary N) is 1. The van der Waals surface area contributed by atoms with E-state index in [0.29, 0.717) is 5.92 Å². The van der Waals surface area contributed by atoms with Gasteiger partial charge in [0.25, 0.3) is 0 Å². The lowest BCUT2D eigenvalue weighted by molar-refractivity contribution is 0.698. The second-order valence-electron chi connectivity index (χ2n) is 3.07. The maximum Gasteiger partial charge on any atom is 0.0348 e. The molecule has 1 nitrogen and oxygen atoms in total. The molecular weight excluding hydrogens is 182 g/mol. The second-order valence-corrected chi connectivity index (χ2v) is 3.07. The summed E-state index contributed by atoms with van der Waals surface area (Å²) in [5.41, 5.74) is 2.05. The van der Waals surface area contributed by atoms with Crippen molar-refractivity contribution in [2.45, 2.75) is 54.4 Å². The highest BCUT2D eigenvalue weighted by Crippen LogP contribution is 2.27. The highest BCUT2D eigenvalue weighted by atomic mass is 14.5. The molecule has 0 saturated heterocycles. The van der Waals surface area contributed by atoms with Gasteiger partial charge in [0.1, 0.15) is 0 Å². The molecule has 0 aromatic rings. The molecule has 15 heavy (non-hydrogen) atoms. The van der Waals surface area contributed by atoms with E-state index in [1.807, 2.05) is 46.8 Å². The summed E-state index contributed by atoms with van der Waals surface area (Å²) in [4.78, 5) is 0. The van der Waals surface area contributed by atoms with Gasteiger partial charge in [0.2, 0.25) is 0 Å². The third-order valence-electron chi connectivity index (χ3n) is 2.17. The fourth-order valence-electron chi connectivity index (χ4n) is 1.42. The SMILES string of the molecule is C/C=C\C=C1/C(=N)CCC1C.CC.CC. The number of hydrogen-bond acceptors (Lipinski definition) is 1. The van der Waals surface area contributed by atoms with Crippen molar-refractivity contribution in [1.29, 1.82) is 5.41 Å². The predicted octanol–water partition coefficient (Wildman–Crippen LogP) is 4.99. The van der Waals surface area contributed by atoms with E-state index in [1.54, 1.807) is 0 Å². The zero-order valence-corrected chi connectivity index (χ0v) is 11.2. The van der Waals surface area contributed by atoms with Crippen LogP contribution in [0.1, 0.15) is 54.4 Å². The molecule has 0 spiro atoms. The van der Waals surface area contributed by atoms with Crippen LogP contribution in [-0.4, -0.2) is 5.71 Å². The van der Waals surface area contributed by atoms with Crippen molar-refractivity contribution in [1.82, 2.24) is 0 Å². The molecule has 1 unspecified atom stereocenters. The van der Waals surface area contributed by atoms with Gasteiger partial charge >= 0.3 is 0 Å². The Hall–Kier alpha value is -0.850. The van der Waals surface area contributed by atoms with Crippen LogP contribution in [-0.2, 0) is 0 Å². The fourth-order valence-corrected chi connectivity index (χ4v) is 1.42. The lowest BCUT2D eigenvalue weighted by atomic mass is 10.0. The Morgan fingerprint density at radius 2 is 1.73 bits per heavy atom. The summed E-state index contributed by atoms with van der Waals surface area (Å²) in [5.74, 6) is 0.596. The second kappa shape index (κ2) is 11.2. The molecule has 0 bridgehead atoms. The van der Waals surface area contributed by atoms with E-state index >= 15 is 0 Å². The molecule has 0 aromatic carbocycles. The lowest BCUT2D eigenvalue weighted by Gasteiger charge is -2.01.